The third-order valence-corrected chi connectivity index (χ3v) is 6.90. The lowest BCUT2D eigenvalue weighted by molar-refractivity contribution is 0.00125. The molecule has 4 heterocycles. The van der Waals surface area contributed by atoms with Gasteiger partial charge in [0.25, 0.3) is 0 Å². The number of nitrogens with one attached hydrogen (secondary N) is 1. The molecule has 1 N–H and O–H groups in total. The molecule has 2 aromatic heterocycles. The van der Waals surface area contributed by atoms with E-state index in [0.29, 0.717) is 30.6 Å². The summed E-state index contributed by atoms with van der Waals surface area (Å²) in [5, 5.41) is 4.26. The van der Waals surface area contributed by atoms with Crippen LogP contribution in [0.5, 0.6) is 5.88 Å². The molecule has 3 aliphatic rings. The standard InChI is InChI=1S/C24H21N3O4/c1-30-21-18-19(24(31-22(18)29)9-11-25-13-24)15(12-27-21)20(28)23(7-8-23)16-6-10-26-17-5-3-2-4-14(16)17/h2-6,10,12,25H,7-9,11,13H2,1H3. The van der Waals surface area contributed by atoms with Crippen LogP contribution in [0.1, 0.15) is 51.1 Å². The van der Waals surface area contributed by atoms with Crippen LogP contribution in [0.3, 0.4) is 0 Å². The number of benzene rings is 1. The Bertz CT molecular complexity index is 1250. The van der Waals surface area contributed by atoms with E-state index >= 15 is 0 Å². The second kappa shape index (κ2) is 6.34. The summed E-state index contributed by atoms with van der Waals surface area (Å²) in [7, 11) is 1.47. The van der Waals surface area contributed by atoms with E-state index < -0.39 is 17.0 Å². The van der Waals surface area contributed by atoms with Gasteiger partial charge in [-0.1, -0.05) is 18.2 Å². The molecule has 7 nitrogen and oxygen atoms in total. The van der Waals surface area contributed by atoms with Gasteiger partial charge in [-0.2, -0.15) is 0 Å². The van der Waals surface area contributed by atoms with Crippen molar-refractivity contribution in [3.8, 4) is 5.88 Å². The van der Waals surface area contributed by atoms with Crippen molar-refractivity contribution in [1.29, 1.82) is 0 Å². The molecule has 1 aromatic carbocycles. The number of aromatic nitrogens is 2. The third kappa shape index (κ3) is 2.44. The summed E-state index contributed by atoms with van der Waals surface area (Å²) in [6, 6.07) is 9.82. The molecule has 0 bridgehead atoms. The zero-order chi connectivity index (χ0) is 21.2. The van der Waals surface area contributed by atoms with E-state index in [1.54, 1.807) is 12.4 Å². The van der Waals surface area contributed by atoms with Crippen LogP contribution < -0.4 is 10.1 Å². The molecule has 1 saturated carbocycles. The average molecular weight is 415 g/mol. The third-order valence-electron chi connectivity index (χ3n) is 6.90. The highest BCUT2D eigenvalue weighted by Crippen LogP contribution is 2.54. The topological polar surface area (TPSA) is 90.4 Å². The molecule has 2 fully saturated rings. The van der Waals surface area contributed by atoms with Crippen LogP contribution in [0.25, 0.3) is 10.9 Å². The number of Topliss-reactive ketones (excluding diaryl/α,β-unsaturated/α-hetero) is 1. The van der Waals surface area contributed by atoms with Crippen molar-refractivity contribution >= 4 is 22.7 Å². The molecule has 7 heteroatoms. The SMILES string of the molecule is COc1ncc(C(=O)C2(c3ccnc4ccccc34)CC2)c2c1C(=O)OC21CCNC1. The molecule has 6 rings (SSSR count). The second-order valence-corrected chi connectivity index (χ2v) is 8.53. The maximum absolute atomic E-state index is 14.1. The molecule has 1 atom stereocenters. The number of methoxy groups -OCH3 is 1. The minimum Gasteiger partial charge on any atom is -0.480 e. The fourth-order valence-corrected chi connectivity index (χ4v) is 5.25. The van der Waals surface area contributed by atoms with Crippen molar-refractivity contribution in [3.05, 3.63) is 65.0 Å². The van der Waals surface area contributed by atoms with Crippen LogP contribution in [-0.2, 0) is 15.8 Å². The van der Waals surface area contributed by atoms with E-state index in [1.807, 2.05) is 30.3 Å². The smallest absolute Gasteiger partial charge is 0.345 e. The highest BCUT2D eigenvalue weighted by atomic mass is 16.6. The number of pyridine rings is 2. The van der Waals surface area contributed by atoms with Gasteiger partial charge in [-0.15, -0.1) is 0 Å². The number of esters is 1. The fourth-order valence-electron chi connectivity index (χ4n) is 5.25. The Morgan fingerprint density at radius 1 is 1.16 bits per heavy atom. The van der Waals surface area contributed by atoms with E-state index in [0.717, 1.165) is 29.3 Å². The number of ketones is 1. The zero-order valence-electron chi connectivity index (χ0n) is 17.1. The first-order valence-corrected chi connectivity index (χ1v) is 10.5. The van der Waals surface area contributed by atoms with Crippen molar-refractivity contribution in [3.63, 3.8) is 0 Å². The van der Waals surface area contributed by atoms with Crippen molar-refractivity contribution < 1.29 is 19.1 Å². The minimum atomic E-state index is -0.843. The average Bonchev–Trinajstić information content (AvgIpc) is 3.39. The van der Waals surface area contributed by atoms with Gasteiger partial charge in [0.05, 0.1) is 18.0 Å². The van der Waals surface area contributed by atoms with Crippen LogP contribution >= 0.6 is 0 Å². The molecule has 0 radical (unpaired) electrons. The number of rotatable bonds is 4. The largest absolute Gasteiger partial charge is 0.480 e. The Morgan fingerprint density at radius 2 is 2.00 bits per heavy atom. The fraction of sp³-hybridized carbons (Fsp3) is 0.333. The number of carbonyl (C=O) groups excluding carboxylic acids is 2. The predicted octanol–water partition coefficient (Wildman–Crippen LogP) is 2.91. The van der Waals surface area contributed by atoms with E-state index in [-0.39, 0.29) is 17.2 Å². The summed E-state index contributed by atoms with van der Waals surface area (Å²) in [5.74, 6) is -0.281. The van der Waals surface area contributed by atoms with Crippen LogP contribution in [0, 0.1) is 0 Å². The Balaban J connectivity index is 1.55. The van der Waals surface area contributed by atoms with Crippen LogP contribution in [-0.4, -0.2) is 41.9 Å². The molecule has 1 aliphatic carbocycles. The van der Waals surface area contributed by atoms with E-state index in [9.17, 15) is 9.59 Å². The van der Waals surface area contributed by atoms with Crippen molar-refractivity contribution in [2.45, 2.75) is 30.3 Å². The Labute approximate surface area is 178 Å². The highest BCUT2D eigenvalue weighted by Gasteiger charge is 2.57. The molecule has 3 aromatic rings. The highest BCUT2D eigenvalue weighted by molar-refractivity contribution is 6.12. The first-order valence-electron chi connectivity index (χ1n) is 10.5. The van der Waals surface area contributed by atoms with Gasteiger partial charge in [-0.05, 0) is 37.1 Å². The molecular weight excluding hydrogens is 394 g/mol. The summed E-state index contributed by atoms with van der Waals surface area (Å²) in [4.78, 5) is 35.7. The molecule has 156 valence electrons. The number of carbonyl (C=O) groups is 2. The molecule has 1 spiro atoms. The lowest BCUT2D eigenvalue weighted by Gasteiger charge is -2.25. The first-order chi connectivity index (χ1) is 15.1. The Hall–Kier alpha value is -3.32. The maximum Gasteiger partial charge on any atom is 0.345 e. The van der Waals surface area contributed by atoms with Crippen molar-refractivity contribution in [2.75, 3.05) is 20.2 Å². The zero-order valence-corrected chi connectivity index (χ0v) is 17.1. The Kier molecular flexibility index (Phi) is 3.77. The summed E-state index contributed by atoms with van der Waals surface area (Å²) in [6.07, 6.45) is 5.44. The lowest BCUT2D eigenvalue weighted by Crippen LogP contribution is -2.32. The van der Waals surface area contributed by atoms with Gasteiger partial charge in [0.1, 0.15) is 5.56 Å². The second-order valence-electron chi connectivity index (χ2n) is 8.53. The number of para-hydroxylation sites is 1. The van der Waals surface area contributed by atoms with Gasteiger partial charge < -0.3 is 14.8 Å². The van der Waals surface area contributed by atoms with Gasteiger partial charge in [0, 0.05) is 41.9 Å². The number of nitrogens with zero attached hydrogens (tertiary/aromatic N) is 2. The van der Waals surface area contributed by atoms with Gasteiger partial charge in [0.2, 0.25) is 5.88 Å². The number of hydrogen-bond donors (Lipinski definition) is 1. The first kappa shape index (κ1) is 18.4. The normalized spacial score (nSPS) is 23.1. The van der Waals surface area contributed by atoms with Gasteiger partial charge >= 0.3 is 5.97 Å². The van der Waals surface area contributed by atoms with Gasteiger partial charge in [0.15, 0.2) is 11.4 Å². The molecular formula is C24H21N3O4. The summed E-state index contributed by atoms with van der Waals surface area (Å²) in [6.45, 7) is 1.19. The van der Waals surface area contributed by atoms with E-state index in [1.165, 1.54) is 7.11 Å². The van der Waals surface area contributed by atoms with Crippen molar-refractivity contribution in [1.82, 2.24) is 15.3 Å². The van der Waals surface area contributed by atoms with Crippen molar-refractivity contribution in [2.24, 2.45) is 0 Å². The summed E-state index contributed by atoms with van der Waals surface area (Å²) in [5.41, 5.74) is 1.75. The monoisotopic (exact) mass is 415 g/mol. The maximum atomic E-state index is 14.1. The number of fused-ring (bicyclic) bond motifs is 3. The summed E-state index contributed by atoms with van der Waals surface area (Å²) >= 11 is 0. The van der Waals surface area contributed by atoms with Crippen LogP contribution in [0.4, 0.5) is 0 Å². The van der Waals surface area contributed by atoms with E-state index in [4.69, 9.17) is 9.47 Å². The molecule has 1 saturated heterocycles. The minimum absolute atomic E-state index is 0.0140. The van der Waals surface area contributed by atoms with E-state index in [2.05, 4.69) is 15.3 Å². The molecule has 1 unspecified atom stereocenters. The van der Waals surface area contributed by atoms with Gasteiger partial charge in [-0.25, -0.2) is 9.78 Å². The Morgan fingerprint density at radius 3 is 2.74 bits per heavy atom. The number of hydrogen-bond acceptors (Lipinski definition) is 7. The number of ether oxygens (including phenoxy) is 2. The molecule has 0 amide bonds. The molecule has 2 aliphatic heterocycles. The van der Waals surface area contributed by atoms with Crippen LogP contribution in [0.2, 0.25) is 0 Å². The predicted molar refractivity (Wildman–Crippen MR) is 112 cm³/mol. The summed E-state index contributed by atoms with van der Waals surface area (Å²) < 4.78 is 11.2. The van der Waals surface area contributed by atoms with Gasteiger partial charge in [-0.3, -0.25) is 9.78 Å². The van der Waals surface area contributed by atoms with Crippen LogP contribution in [0.15, 0.2) is 42.7 Å². The lowest BCUT2D eigenvalue weighted by atomic mass is 9.80. The molecule has 31 heavy (non-hydrogen) atoms. The quantitative estimate of drug-likeness (QED) is 0.518.